The van der Waals surface area contributed by atoms with Gasteiger partial charge < -0.3 is 9.47 Å². The molecule has 1 rings (SSSR count). The zero-order valence-electron chi connectivity index (χ0n) is 8.53. The number of Topliss-reactive ketones (excluding diaryl/α,β-unsaturated/α-hetero) is 1. The monoisotopic (exact) mass is 187 g/mol. The lowest BCUT2D eigenvalue weighted by Crippen LogP contribution is -2.42. The van der Waals surface area contributed by atoms with Crippen molar-refractivity contribution in [3.63, 3.8) is 0 Å². The molecule has 0 aromatic heterocycles. The Balaban J connectivity index is 2.36. The molecule has 0 bridgehead atoms. The van der Waals surface area contributed by atoms with Gasteiger partial charge in [-0.25, -0.2) is 0 Å². The third kappa shape index (κ3) is 2.76. The molecule has 4 heteroatoms. The van der Waals surface area contributed by atoms with Crippen molar-refractivity contribution in [1.29, 1.82) is 0 Å². The van der Waals surface area contributed by atoms with Crippen molar-refractivity contribution < 1.29 is 14.3 Å². The summed E-state index contributed by atoms with van der Waals surface area (Å²) in [6, 6.07) is -0.134. The molecule has 1 saturated heterocycles. The SMILES string of the molecule is COC1OC1NC(C(C)=O)C(C)C. The summed E-state index contributed by atoms with van der Waals surface area (Å²) in [4.78, 5) is 11.2. The predicted molar refractivity (Wildman–Crippen MR) is 48.1 cm³/mol. The molecule has 3 atom stereocenters. The molecule has 0 amide bonds. The van der Waals surface area contributed by atoms with Gasteiger partial charge in [0.2, 0.25) is 0 Å². The first-order chi connectivity index (χ1) is 6.06. The van der Waals surface area contributed by atoms with Gasteiger partial charge in [0.05, 0.1) is 6.04 Å². The molecule has 3 unspecified atom stereocenters. The van der Waals surface area contributed by atoms with Crippen molar-refractivity contribution in [1.82, 2.24) is 5.32 Å². The standard InChI is InChI=1S/C9H17NO3/c1-5(2)7(6(3)11)10-8-9(12-4)13-8/h5,7-10H,1-4H3. The Hall–Kier alpha value is -0.450. The van der Waals surface area contributed by atoms with Gasteiger partial charge in [0, 0.05) is 7.11 Å². The minimum absolute atomic E-state index is 0.110. The van der Waals surface area contributed by atoms with E-state index < -0.39 is 0 Å². The molecule has 1 N–H and O–H groups in total. The van der Waals surface area contributed by atoms with E-state index in [2.05, 4.69) is 5.32 Å². The van der Waals surface area contributed by atoms with Crippen molar-refractivity contribution in [2.24, 2.45) is 5.92 Å². The number of ketones is 1. The average molecular weight is 187 g/mol. The summed E-state index contributed by atoms with van der Waals surface area (Å²) >= 11 is 0. The van der Waals surface area contributed by atoms with Gasteiger partial charge in [-0.1, -0.05) is 13.8 Å². The van der Waals surface area contributed by atoms with Crippen molar-refractivity contribution in [3.05, 3.63) is 0 Å². The smallest absolute Gasteiger partial charge is 0.199 e. The number of methoxy groups -OCH3 is 1. The molecule has 4 nitrogen and oxygen atoms in total. The highest BCUT2D eigenvalue weighted by Gasteiger charge is 2.41. The maximum atomic E-state index is 11.2. The van der Waals surface area contributed by atoms with Gasteiger partial charge in [0.25, 0.3) is 0 Å². The number of rotatable bonds is 5. The van der Waals surface area contributed by atoms with Gasteiger partial charge in [-0.15, -0.1) is 0 Å². The first-order valence-corrected chi connectivity index (χ1v) is 4.51. The van der Waals surface area contributed by atoms with Gasteiger partial charge in [0.15, 0.2) is 12.5 Å². The summed E-state index contributed by atoms with van der Waals surface area (Å²) in [5, 5.41) is 3.09. The van der Waals surface area contributed by atoms with E-state index in [0.29, 0.717) is 0 Å². The van der Waals surface area contributed by atoms with E-state index in [1.54, 1.807) is 14.0 Å². The van der Waals surface area contributed by atoms with E-state index in [1.807, 2.05) is 13.8 Å². The molecule has 0 spiro atoms. The summed E-state index contributed by atoms with van der Waals surface area (Å²) in [7, 11) is 1.59. The molecule has 1 aliphatic rings. The first kappa shape index (κ1) is 10.6. The van der Waals surface area contributed by atoms with Crippen LogP contribution >= 0.6 is 0 Å². The minimum atomic E-state index is -0.180. The Kier molecular flexibility index (Phi) is 3.41. The van der Waals surface area contributed by atoms with Crippen LogP contribution in [0.15, 0.2) is 0 Å². The third-order valence-electron chi connectivity index (χ3n) is 2.13. The maximum Gasteiger partial charge on any atom is 0.199 e. The molecule has 1 heterocycles. The largest absolute Gasteiger partial charge is 0.352 e. The highest BCUT2D eigenvalue weighted by atomic mass is 16.8. The Morgan fingerprint density at radius 1 is 1.54 bits per heavy atom. The van der Waals surface area contributed by atoms with Crippen molar-refractivity contribution >= 4 is 5.78 Å². The Bertz CT molecular complexity index is 193. The maximum absolute atomic E-state index is 11.2. The second kappa shape index (κ2) is 4.17. The fraction of sp³-hybridized carbons (Fsp3) is 0.889. The topological polar surface area (TPSA) is 50.9 Å². The van der Waals surface area contributed by atoms with Crippen LogP contribution in [-0.2, 0) is 14.3 Å². The number of nitrogens with one attached hydrogen (secondary N) is 1. The van der Waals surface area contributed by atoms with Crippen LogP contribution in [0.1, 0.15) is 20.8 Å². The Morgan fingerprint density at radius 3 is 2.46 bits per heavy atom. The van der Waals surface area contributed by atoms with Crippen LogP contribution in [0.2, 0.25) is 0 Å². The molecule has 0 aromatic rings. The molecule has 76 valence electrons. The van der Waals surface area contributed by atoms with Crippen LogP contribution in [0, 0.1) is 5.92 Å². The summed E-state index contributed by atoms with van der Waals surface area (Å²) in [5.41, 5.74) is 0. The van der Waals surface area contributed by atoms with E-state index >= 15 is 0 Å². The summed E-state index contributed by atoms with van der Waals surface area (Å²) < 4.78 is 10.0. The summed E-state index contributed by atoms with van der Waals surface area (Å²) in [6.45, 7) is 5.59. The third-order valence-corrected chi connectivity index (χ3v) is 2.13. The van der Waals surface area contributed by atoms with Crippen molar-refractivity contribution in [2.75, 3.05) is 7.11 Å². The highest BCUT2D eigenvalue weighted by Crippen LogP contribution is 2.21. The number of ether oxygens (including phenoxy) is 2. The lowest BCUT2D eigenvalue weighted by Gasteiger charge is -2.17. The number of epoxide rings is 1. The lowest BCUT2D eigenvalue weighted by atomic mass is 10.0. The van der Waals surface area contributed by atoms with Gasteiger partial charge in [-0.3, -0.25) is 10.1 Å². The second-order valence-electron chi connectivity index (χ2n) is 3.66. The van der Waals surface area contributed by atoms with Crippen molar-refractivity contribution in [3.8, 4) is 0 Å². The fourth-order valence-corrected chi connectivity index (χ4v) is 1.35. The normalized spacial score (nSPS) is 29.0. The molecule has 0 radical (unpaired) electrons. The van der Waals surface area contributed by atoms with Crippen LogP contribution in [0.5, 0.6) is 0 Å². The molecular formula is C9H17NO3. The first-order valence-electron chi connectivity index (χ1n) is 4.51. The Labute approximate surface area is 78.6 Å². The predicted octanol–water partition coefficient (Wildman–Crippen LogP) is 0.518. The van der Waals surface area contributed by atoms with Gasteiger partial charge in [-0.2, -0.15) is 0 Å². The molecule has 13 heavy (non-hydrogen) atoms. The quantitative estimate of drug-likeness (QED) is 0.637. The highest BCUT2D eigenvalue weighted by molar-refractivity contribution is 5.81. The second-order valence-corrected chi connectivity index (χ2v) is 3.66. The number of hydrogen-bond donors (Lipinski definition) is 1. The average Bonchev–Trinajstić information content (AvgIpc) is 2.77. The zero-order chi connectivity index (χ0) is 10.0. The molecule has 1 fully saturated rings. The van der Waals surface area contributed by atoms with E-state index in [1.165, 1.54) is 0 Å². The van der Waals surface area contributed by atoms with Crippen LogP contribution < -0.4 is 5.32 Å². The van der Waals surface area contributed by atoms with Crippen LogP contribution in [0.4, 0.5) is 0 Å². The van der Waals surface area contributed by atoms with Crippen LogP contribution in [0.3, 0.4) is 0 Å². The Morgan fingerprint density at radius 2 is 2.15 bits per heavy atom. The van der Waals surface area contributed by atoms with Gasteiger partial charge in [0.1, 0.15) is 5.78 Å². The van der Waals surface area contributed by atoms with E-state index in [9.17, 15) is 4.79 Å². The van der Waals surface area contributed by atoms with E-state index in [4.69, 9.17) is 9.47 Å². The van der Waals surface area contributed by atoms with Crippen molar-refractivity contribution in [2.45, 2.75) is 39.3 Å². The van der Waals surface area contributed by atoms with Gasteiger partial charge in [-0.05, 0) is 12.8 Å². The lowest BCUT2D eigenvalue weighted by molar-refractivity contribution is -0.120. The molecule has 0 aromatic carbocycles. The van der Waals surface area contributed by atoms with E-state index in [0.717, 1.165) is 0 Å². The number of carbonyl (C=O) groups excluding carboxylic acids is 1. The fourth-order valence-electron chi connectivity index (χ4n) is 1.35. The molecule has 0 saturated carbocycles. The van der Waals surface area contributed by atoms with E-state index in [-0.39, 0.29) is 30.3 Å². The van der Waals surface area contributed by atoms with Crippen LogP contribution in [0.25, 0.3) is 0 Å². The van der Waals surface area contributed by atoms with Gasteiger partial charge >= 0.3 is 0 Å². The minimum Gasteiger partial charge on any atom is -0.352 e. The molecule has 1 aliphatic heterocycles. The number of carbonyl (C=O) groups is 1. The zero-order valence-corrected chi connectivity index (χ0v) is 8.53. The summed E-state index contributed by atoms with van der Waals surface area (Å²) in [5.74, 6) is 0.416. The molecule has 0 aliphatic carbocycles. The molecular weight excluding hydrogens is 170 g/mol. The number of hydrogen-bond acceptors (Lipinski definition) is 4. The van der Waals surface area contributed by atoms with Crippen LogP contribution in [-0.4, -0.2) is 31.5 Å². The summed E-state index contributed by atoms with van der Waals surface area (Å²) in [6.07, 6.45) is -0.290.